The molecule has 0 spiro atoms. The summed E-state index contributed by atoms with van der Waals surface area (Å²) in [5, 5.41) is 10.7. The monoisotopic (exact) mass is 268 g/mol. The molecule has 0 saturated carbocycles. The number of nitro benzene ring substituents is 1. The van der Waals surface area contributed by atoms with Gasteiger partial charge in [-0.3, -0.25) is 15.1 Å². The lowest BCUT2D eigenvalue weighted by Crippen LogP contribution is -1.99. The largest absolute Gasteiger partial charge is 0.269 e. The Balaban J connectivity index is 2.41. The van der Waals surface area contributed by atoms with E-state index in [4.69, 9.17) is 0 Å². The summed E-state index contributed by atoms with van der Waals surface area (Å²) in [6, 6.07) is 12.7. The predicted molar refractivity (Wildman–Crippen MR) is 80.9 cm³/mol. The molecule has 0 amide bonds. The molecule has 2 aromatic carbocycles. The van der Waals surface area contributed by atoms with Crippen LogP contribution in [-0.4, -0.2) is 10.6 Å². The molecule has 0 aliphatic rings. The van der Waals surface area contributed by atoms with Crippen molar-refractivity contribution in [2.75, 3.05) is 0 Å². The van der Waals surface area contributed by atoms with Crippen molar-refractivity contribution in [3.8, 4) is 0 Å². The number of para-hydroxylation sites is 1. The number of hydrogen-bond acceptors (Lipinski definition) is 3. The molecular weight excluding hydrogens is 252 g/mol. The van der Waals surface area contributed by atoms with E-state index in [1.54, 1.807) is 12.1 Å². The molecule has 102 valence electrons. The maximum Gasteiger partial charge on any atom is 0.269 e. The molecule has 0 saturated heterocycles. The average Bonchev–Trinajstić information content (AvgIpc) is 2.41. The molecule has 2 rings (SSSR count). The van der Waals surface area contributed by atoms with Gasteiger partial charge < -0.3 is 0 Å². The van der Waals surface area contributed by atoms with Gasteiger partial charge in [-0.15, -0.1) is 0 Å². The van der Waals surface area contributed by atoms with Crippen LogP contribution >= 0.6 is 0 Å². The summed E-state index contributed by atoms with van der Waals surface area (Å²) in [5.41, 5.74) is 4.77. The Morgan fingerprint density at radius 1 is 1.10 bits per heavy atom. The number of non-ortho nitro benzene ring substituents is 1. The predicted octanol–water partition coefficient (Wildman–Crippen LogP) is 4.35. The lowest BCUT2D eigenvalue weighted by molar-refractivity contribution is -0.384. The highest BCUT2D eigenvalue weighted by Crippen LogP contribution is 2.22. The van der Waals surface area contributed by atoms with Gasteiger partial charge >= 0.3 is 0 Å². The summed E-state index contributed by atoms with van der Waals surface area (Å²) in [7, 11) is 0. The molecule has 2 aromatic rings. The molecule has 0 aliphatic carbocycles. The minimum atomic E-state index is -0.384. The van der Waals surface area contributed by atoms with Crippen molar-refractivity contribution in [1.82, 2.24) is 0 Å². The topological polar surface area (TPSA) is 55.5 Å². The Kier molecular flexibility index (Phi) is 3.94. The molecule has 0 atom stereocenters. The van der Waals surface area contributed by atoms with Crippen LogP contribution in [0.4, 0.5) is 11.4 Å². The lowest BCUT2D eigenvalue weighted by Gasteiger charge is -2.06. The van der Waals surface area contributed by atoms with Crippen LogP contribution in [0, 0.1) is 24.0 Å². The van der Waals surface area contributed by atoms with Crippen LogP contribution in [0.2, 0.25) is 0 Å². The Bertz CT molecular complexity index is 691. The van der Waals surface area contributed by atoms with Crippen molar-refractivity contribution in [2.24, 2.45) is 4.99 Å². The molecule has 4 heteroatoms. The van der Waals surface area contributed by atoms with E-state index in [0.717, 1.165) is 28.1 Å². The van der Waals surface area contributed by atoms with Crippen molar-refractivity contribution in [3.63, 3.8) is 0 Å². The third-order valence-electron chi connectivity index (χ3n) is 3.21. The van der Waals surface area contributed by atoms with Crippen molar-refractivity contribution in [3.05, 3.63) is 69.3 Å². The molecule has 0 heterocycles. The SMILES string of the molecule is CC(=Nc1ccccc1C)c1ccc([N+](=O)[O-])cc1C. The summed E-state index contributed by atoms with van der Waals surface area (Å²) >= 11 is 0. The fourth-order valence-electron chi connectivity index (χ4n) is 2.10. The molecule has 0 fully saturated rings. The third-order valence-corrected chi connectivity index (χ3v) is 3.21. The van der Waals surface area contributed by atoms with Crippen LogP contribution < -0.4 is 0 Å². The second kappa shape index (κ2) is 5.65. The van der Waals surface area contributed by atoms with Crippen molar-refractivity contribution >= 4 is 17.1 Å². The fraction of sp³-hybridized carbons (Fsp3) is 0.188. The Hall–Kier alpha value is -2.49. The molecule has 0 unspecified atom stereocenters. The molecular formula is C16H16N2O2. The van der Waals surface area contributed by atoms with Gasteiger partial charge in [-0.2, -0.15) is 0 Å². The minimum Gasteiger partial charge on any atom is -0.258 e. The number of aryl methyl sites for hydroxylation is 2. The van der Waals surface area contributed by atoms with Crippen LogP contribution in [-0.2, 0) is 0 Å². The molecule has 0 aliphatic heterocycles. The summed E-state index contributed by atoms with van der Waals surface area (Å²) in [5.74, 6) is 0. The minimum absolute atomic E-state index is 0.106. The first-order valence-electron chi connectivity index (χ1n) is 6.35. The smallest absolute Gasteiger partial charge is 0.258 e. The van der Waals surface area contributed by atoms with E-state index >= 15 is 0 Å². The number of rotatable bonds is 3. The number of nitrogens with zero attached hydrogens (tertiary/aromatic N) is 2. The average molecular weight is 268 g/mol. The van der Waals surface area contributed by atoms with E-state index < -0.39 is 0 Å². The Morgan fingerprint density at radius 2 is 1.80 bits per heavy atom. The summed E-state index contributed by atoms with van der Waals surface area (Å²) in [6.45, 7) is 5.79. The quantitative estimate of drug-likeness (QED) is 0.472. The van der Waals surface area contributed by atoms with Crippen molar-refractivity contribution in [2.45, 2.75) is 20.8 Å². The molecule has 0 aromatic heterocycles. The van der Waals surface area contributed by atoms with Gasteiger partial charge in [0.05, 0.1) is 10.6 Å². The van der Waals surface area contributed by atoms with Crippen LogP contribution in [0.5, 0.6) is 0 Å². The van der Waals surface area contributed by atoms with E-state index in [1.807, 2.05) is 45.0 Å². The first-order chi connectivity index (χ1) is 9.49. The van der Waals surface area contributed by atoms with Gasteiger partial charge in [0.25, 0.3) is 5.69 Å². The van der Waals surface area contributed by atoms with E-state index in [-0.39, 0.29) is 10.6 Å². The lowest BCUT2D eigenvalue weighted by atomic mass is 10.0. The van der Waals surface area contributed by atoms with E-state index in [2.05, 4.69) is 4.99 Å². The van der Waals surface area contributed by atoms with Crippen molar-refractivity contribution in [1.29, 1.82) is 0 Å². The summed E-state index contributed by atoms with van der Waals surface area (Å²) < 4.78 is 0. The zero-order chi connectivity index (χ0) is 14.7. The molecule has 20 heavy (non-hydrogen) atoms. The van der Waals surface area contributed by atoms with E-state index in [1.165, 1.54) is 6.07 Å². The van der Waals surface area contributed by atoms with Gasteiger partial charge in [0, 0.05) is 17.8 Å². The van der Waals surface area contributed by atoms with Gasteiger partial charge in [0.1, 0.15) is 0 Å². The van der Waals surface area contributed by atoms with E-state index in [9.17, 15) is 10.1 Å². The standard InChI is InChI=1S/C16H16N2O2/c1-11-6-4-5-7-16(11)17-13(3)15-9-8-14(18(19)20)10-12(15)2/h4-10H,1-3H3. The Labute approximate surface area is 117 Å². The summed E-state index contributed by atoms with van der Waals surface area (Å²) in [6.07, 6.45) is 0. The normalized spacial score (nSPS) is 11.4. The second-order valence-corrected chi connectivity index (χ2v) is 4.74. The fourth-order valence-corrected chi connectivity index (χ4v) is 2.10. The number of benzene rings is 2. The summed E-state index contributed by atoms with van der Waals surface area (Å²) in [4.78, 5) is 15.0. The zero-order valence-electron chi connectivity index (χ0n) is 11.8. The van der Waals surface area contributed by atoms with Gasteiger partial charge in [0.2, 0.25) is 0 Å². The van der Waals surface area contributed by atoms with Gasteiger partial charge in [-0.05, 0) is 49.6 Å². The molecule has 0 bridgehead atoms. The zero-order valence-corrected chi connectivity index (χ0v) is 11.8. The Morgan fingerprint density at radius 3 is 2.40 bits per heavy atom. The first-order valence-corrected chi connectivity index (χ1v) is 6.35. The molecule has 4 nitrogen and oxygen atoms in total. The van der Waals surface area contributed by atoms with Crippen molar-refractivity contribution < 1.29 is 4.92 Å². The van der Waals surface area contributed by atoms with Gasteiger partial charge in [-0.25, -0.2) is 0 Å². The maximum absolute atomic E-state index is 10.7. The third kappa shape index (κ3) is 2.91. The number of nitro groups is 1. The highest BCUT2D eigenvalue weighted by atomic mass is 16.6. The van der Waals surface area contributed by atoms with Crippen LogP contribution in [0.3, 0.4) is 0 Å². The van der Waals surface area contributed by atoms with Crippen LogP contribution in [0.15, 0.2) is 47.5 Å². The van der Waals surface area contributed by atoms with E-state index in [0.29, 0.717) is 0 Å². The van der Waals surface area contributed by atoms with Gasteiger partial charge in [0.15, 0.2) is 0 Å². The first kappa shape index (κ1) is 13.9. The number of hydrogen-bond donors (Lipinski definition) is 0. The molecule has 0 radical (unpaired) electrons. The highest BCUT2D eigenvalue weighted by Gasteiger charge is 2.10. The number of aliphatic imine (C=N–C) groups is 1. The highest BCUT2D eigenvalue weighted by molar-refractivity contribution is 6.01. The molecule has 0 N–H and O–H groups in total. The second-order valence-electron chi connectivity index (χ2n) is 4.74. The van der Waals surface area contributed by atoms with Crippen LogP contribution in [0.25, 0.3) is 0 Å². The van der Waals surface area contributed by atoms with Gasteiger partial charge in [-0.1, -0.05) is 18.2 Å². The van der Waals surface area contributed by atoms with Crippen LogP contribution in [0.1, 0.15) is 23.6 Å². The maximum atomic E-state index is 10.7.